The van der Waals surface area contributed by atoms with Gasteiger partial charge in [-0.05, 0) is 112 Å². The molecule has 0 spiro atoms. The average molecular weight is 750 g/mol. The summed E-state index contributed by atoms with van der Waals surface area (Å²) in [4.78, 5) is 2.42. The molecule has 0 amide bonds. The Morgan fingerprint density at radius 3 is 1.56 bits per heavy atom. The fourth-order valence-corrected chi connectivity index (χ4v) is 9.09. The molecular formula is C58H39N. The Hall–Kier alpha value is -7.74. The van der Waals surface area contributed by atoms with Gasteiger partial charge in [0.1, 0.15) is 0 Å². The van der Waals surface area contributed by atoms with Gasteiger partial charge in [0.05, 0.1) is 5.69 Å². The second kappa shape index (κ2) is 14.6. The highest BCUT2D eigenvalue weighted by Crippen LogP contribution is 2.46. The summed E-state index contributed by atoms with van der Waals surface area (Å²) in [6.45, 7) is 0. The molecule has 0 fully saturated rings. The lowest BCUT2D eigenvalue weighted by Crippen LogP contribution is -2.11. The molecule has 0 aliphatic heterocycles. The molecule has 1 nitrogen and oxygen atoms in total. The molecular weight excluding hydrogens is 711 g/mol. The fraction of sp³-hybridized carbons (Fsp3) is 0. The van der Waals surface area contributed by atoms with E-state index in [1.807, 2.05) is 0 Å². The summed E-state index contributed by atoms with van der Waals surface area (Å²) in [5, 5.41) is 10.1. The first kappa shape index (κ1) is 34.5. The highest BCUT2D eigenvalue weighted by Gasteiger charge is 2.21. The van der Waals surface area contributed by atoms with Crippen molar-refractivity contribution in [3.8, 4) is 44.5 Å². The van der Waals surface area contributed by atoms with Crippen LogP contribution in [0.5, 0.6) is 0 Å². The summed E-state index contributed by atoms with van der Waals surface area (Å²) >= 11 is 0. The van der Waals surface area contributed by atoms with E-state index in [1.54, 1.807) is 0 Å². The Balaban J connectivity index is 1.13. The Labute approximate surface area is 344 Å². The first-order chi connectivity index (χ1) is 29.3. The second-order valence-electron chi connectivity index (χ2n) is 15.2. The number of fused-ring (bicyclic) bond motifs is 6. The molecule has 0 heterocycles. The molecule has 0 aromatic heterocycles. The minimum atomic E-state index is 1.09. The zero-order valence-electron chi connectivity index (χ0n) is 32.5. The van der Waals surface area contributed by atoms with Crippen LogP contribution in [0.1, 0.15) is 0 Å². The highest BCUT2D eigenvalue weighted by atomic mass is 15.1. The van der Waals surface area contributed by atoms with Crippen molar-refractivity contribution in [2.75, 3.05) is 4.90 Å². The second-order valence-corrected chi connectivity index (χ2v) is 15.2. The van der Waals surface area contributed by atoms with Crippen molar-refractivity contribution in [2.24, 2.45) is 0 Å². The lowest BCUT2D eigenvalue weighted by Gasteiger charge is -2.29. The van der Waals surface area contributed by atoms with Crippen LogP contribution in [-0.4, -0.2) is 0 Å². The standard InChI is InChI=1S/C58H39N/c1-3-15-41(16-4-1)50-23-11-12-28-57(50)59(46-34-31-44(32-35-46)49-25-13-21-40-19-7-9-22-48(40)49)47-36-38-54(56(39-47)42-17-5-2-6-18-42)52-26-14-27-55-53(52)37-33-45-30-29-43-20-8-10-24-51(43)58(45)55/h1-39H. The van der Waals surface area contributed by atoms with Crippen molar-refractivity contribution >= 4 is 60.2 Å². The molecule has 1 heteroatoms. The largest absolute Gasteiger partial charge is 0.310 e. The van der Waals surface area contributed by atoms with E-state index in [0.29, 0.717) is 0 Å². The zero-order chi connectivity index (χ0) is 39.1. The van der Waals surface area contributed by atoms with Crippen molar-refractivity contribution in [1.29, 1.82) is 0 Å². The third-order valence-corrected chi connectivity index (χ3v) is 11.9. The normalized spacial score (nSPS) is 11.4. The van der Waals surface area contributed by atoms with Crippen LogP contribution < -0.4 is 4.90 Å². The van der Waals surface area contributed by atoms with Gasteiger partial charge in [-0.1, -0.05) is 206 Å². The van der Waals surface area contributed by atoms with Crippen LogP contribution in [0, 0.1) is 0 Å². The van der Waals surface area contributed by atoms with Gasteiger partial charge in [-0.2, -0.15) is 0 Å². The Kier molecular flexibility index (Phi) is 8.56. The van der Waals surface area contributed by atoms with E-state index in [9.17, 15) is 0 Å². The molecule has 0 radical (unpaired) electrons. The van der Waals surface area contributed by atoms with Crippen LogP contribution >= 0.6 is 0 Å². The Morgan fingerprint density at radius 1 is 0.237 bits per heavy atom. The van der Waals surface area contributed by atoms with Gasteiger partial charge in [-0.3, -0.25) is 0 Å². The monoisotopic (exact) mass is 749 g/mol. The Morgan fingerprint density at radius 2 is 0.763 bits per heavy atom. The number of para-hydroxylation sites is 1. The number of anilines is 3. The van der Waals surface area contributed by atoms with E-state index in [1.165, 1.54) is 87.6 Å². The summed E-state index contributed by atoms with van der Waals surface area (Å²) in [6, 6.07) is 86.3. The maximum absolute atomic E-state index is 2.42. The molecule has 276 valence electrons. The molecule has 0 bridgehead atoms. The van der Waals surface area contributed by atoms with Crippen LogP contribution in [0.2, 0.25) is 0 Å². The van der Waals surface area contributed by atoms with Gasteiger partial charge in [-0.25, -0.2) is 0 Å². The molecule has 0 aliphatic rings. The average Bonchev–Trinajstić information content (AvgIpc) is 3.32. The fourth-order valence-electron chi connectivity index (χ4n) is 9.09. The maximum atomic E-state index is 2.42. The summed E-state index contributed by atoms with van der Waals surface area (Å²) in [5.41, 5.74) is 12.9. The van der Waals surface area contributed by atoms with Crippen molar-refractivity contribution in [3.05, 3.63) is 237 Å². The van der Waals surface area contributed by atoms with E-state index in [0.717, 1.165) is 17.1 Å². The SMILES string of the molecule is c1ccc(-c2cc(N(c3ccc(-c4cccc5ccccc45)cc3)c3ccccc3-c3ccccc3)ccc2-c2cccc3c2ccc2ccc4ccccc4c23)cc1. The molecule has 11 aromatic rings. The molecule has 0 saturated carbocycles. The molecule has 59 heavy (non-hydrogen) atoms. The smallest absolute Gasteiger partial charge is 0.0540 e. The van der Waals surface area contributed by atoms with E-state index in [2.05, 4.69) is 241 Å². The first-order valence-corrected chi connectivity index (χ1v) is 20.3. The van der Waals surface area contributed by atoms with Gasteiger partial charge < -0.3 is 4.90 Å². The molecule has 11 rings (SSSR count). The number of hydrogen-bond donors (Lipinski definition) is 0. The molecule has 0 atom stereocenters. The third kappa shape index (κ3) is 6.12. The topological polar surface area (TPSA) is 3.24 Å². The van der Waals surface area contributed by atoms with Gasteiger partial charge in [-0.15, -0.1) is 0 Å². The lowest BCUT2D eigenvalue weighted by molar-refractivity contribution is 1.28. The van der Waals surface area contributed by atoms with Gasteiger partial charge in [0.25, 0.3) is 0 Å². The number of benzene rings is 11. The molecule has 0 unspecified atom stereocenters. The predicted molar refractivity (Wildman–Crippen MR) is 253 cm³/mol. The van der Waals surface area contributed by atoms with Crippen LogP contribution in [0.15, 0.2) is 237 Å². The van der Waals surface area contributed by atoms with E-state index >= 15 is 0 Å². The van der Waals surface area contributed by atoms with Crippen LogP contribution in [-0.2, 0) is 0 Å². The van der Waals surface area contributed by atoms with Crippen molar-refractivity contribution in [1.82, 2.24) is 0 Å². The molecule has 0 saturated heterocycles. The quantitative estimate of drug-likeness (QED) is 0.147. The van der Waals surface area contributed by atoms with Gasteiger partial charge in [0.2, 0.25) is 0 Å². The van der Waals surface area contributed by atoms with E-state index < -0.39 is 0 Å². The highest BCUT2D eigenvalue weighted by molar-refractivity contribution is 6.22. The van der Waals surface area contributed by atoms with Crippen LogP contribution in [0.25, 0.3) is 87.6 Å². The summed E-state index contributed by atoms with van der Waals surface area (Å²) < 4.78 is 0. The summed E-state index contributed by atoms with van der Waals surface area (Å²) in [5.74, 6) is 0. The van der Waals surface area contributed by atoms with Crippen LogP contribution in [0.4, 0.5) is 17.1 Å². The van der Waals surface area contributed by atoms with Crippen molar-refractivity contribution < 1.29 is 0 Å². The summed E-state index contributed by atoms with van der Waals surface area (Å²) in [6.07, 6.45) is 0. The van der Waals surface area contributed by atoms with Gasteiger partial charge >= 0.3 is 0 Å². The van der Waals surface area contributed by atoms with Crippen molar-refractivity contribution in [3.63, 3.8) is 0 Å². The zero-order valence-corrected chi connectivity index (χ0v) is 32.5. The van der Waals surface area contributed by atoms with E-state index in [4.69, 9.17) is 0 Å². The molecule has 0 N–H and O–H groups in total. The minimum absolute atomic E-state index is 1.09. The first-order valence-electron chi connectivity index (χ1n) is 20.3. The van der Waals surface area contributed by atoms with Gasteiger partial charge in [0, 0.05) is 16.9 Å². The number of nitrogens with zero attached hydrogens (tertiary/aromatic N) is 1. The predicted octanol–water partition coefficient (Wildman–Crippen LogP) is 16.4. The maximum Gasteiger partial charge on any atom is 0.0540 e. The van der Waals surface area contributed by atoms with Gasteiger partial charge in [0.15, 0.2) is 0 Å². The Bertz CT molecular complexity index is 3310. The molecule has 11 aromatic carbocycles. The van der Waals surface area contributed by atoms with Crippen molar-refractivity contribution in [2.45, 2.75) is 0 Å². The number of rotatable bonds is 7. The van der Waals surface area contributed by atoms with Crippen LogP contribution in [0.3, 0.4) is 0 Å². The third-order valence-electron chi connectivity index (χ3n) is 11.9. The molecule has 0 aliphatic carbocycles. The lowest BCUT2D eigenvalue weighted by atomic mass is 9.88. The number of hydrogen-bond acceptors (Lipinski definition) is 1. The summed E-state index contributed by atoms with van der Waals surface area (Å²) in [7, 11) is 0. The van der Waals surface area contributed by atoms with E-state index in [-0.39, 0.29) is 0 Å². The minimum Gasteiger partial charge on any atom is -0.310 e.